The molecule has 3 aromatic rings. The molecule has 154 valence electrons. The standard InChI is InChI=1S/C21H17BrN2O6/c1-2-28-21(27)29-16-8-6-13(7-9-16)19(25)23-14-4-3-5-15(12-14)24-20(26)17-10-11-18(22)30-17/h3-12H,2H2,1H3,(H,23,25)(H,24,26). The molecule has 0 spiro atoms. The Balaban J connectivity index is 1.62. The first-order valence-corrected chi connectivity index (χ1v) is 9.66. The van der Waals surface area contributed by atoms with Crippen LogP contribution in [0.5, 0.6) is 5.75 Å². The number of hydrogen-bond donors (Lipinski definition) is 2. The molecule has 0 atom stereocenters. The number of nitrogens with one attached hydrogen (secondary N) is 2. The van der Waals surface area contributed by atoms with Gasteiger partial charge in [-0.25, -0.2) is 4.79 Å². The van der Waals surface area contributed by atoms with Crippen molar-refractivity contribution < 1.29 is 28.3 Å². The van der Waals surface area contributed by atoms with Gasteiger partial charge in [0.1, 0.15) is 5.75 Å². The number of rotatable bonds is 6. The summed E-state index contributed by atoms with van der Waals surface area (Å²) >= 11 is 3.14. The van der Waals surface area contributed by atoms with Gasteiger partial charge in [-0.05, 0) is 77.5 Å². The lowest BCUT2D eigenvalue weighted by Crippen LogP contribution is -2.14. The van der Waals surface area contributed by atoms with Gasteiger partial charge in [0, 0.05) is 16.9 Å². The van der Waals surface area contributed by atoms with Gasteiger partial charge in [-0.3, -0.25) is 9.59 Å². The number of anilines is 2. The van der Waals surface area contributed by atoms with Crippen LogP contribution in [0.2, 0.25) is 0 Å². The molecule has 8 nitrogen and oxygen atoms in total. The molecule has 1 aromatic heterocycles. The largest absolute Gasteiger partial charge is 0.513 e. The van der Waals surface area contributed by atoms with Crippen molar-refractivity contribution in [2.45, 2.75) is 6.92 Å². The summed E-state index contributed by atoms with van der Waals surface area (Å²) in [6.45, 7) is 1.88. The summed E-state index contributed by atoms with van der Waals surface area (Å²) in [5.41, 5.74) is 1.34. The molecule has 0 saturated heterocycles. The third kappa shape index (κ3) is 5.71. The van der Waals surface area contributed by atoms with Gasteiger partial charge in [0.25, 0.3) is 11.8 Å². The average molecular weight is 473 g/mol. The lowest BCUT2D eigenvalue weighted by atomic mass is 10.2. The van der Waals surface area contributed by atoms with E-state index in [2.05, 4.69) is 26.6 Å². The van der Waals surface area contributed by atoms with Crippen LogP contribution in [0.1, 0.15) is 27.8 Å². The zero-order valence-electron chi connectivity index (χ0n) is 15.8. The lowest BCUT2D eigenvalue weighted by Gasteiger charge is -2.09. The number of benzene rings is 2. The van der Waals surface area contributed by atoms with Crippen molar-refractivity contribution in [3.05, 3.63) is 76.7 Å². The van der Waals surface area contributed by atoms with Gasteiger partial charge in [-0.2, -0.15) is 0 Å². The van der Waals surface area contributed by atoms with E-state index in [1.807, 2.05) is 0 Å². The van der Waals surface area contributed by atoms with Crippen molar-refractivity contribution in [3.63, 3.8) is 0 Å². The predicted octanol–water partition coefficient (Wildman–Crippen LogP) is 5.08. The highest BCUT2D eigenvalue weighted by Crippen LogP contribution is 2.20. The highest BCUT2D eigenvalue weighted by molar-refractivity contribution is 9.10. The lowest BCUT2D eigenvalue weighted by molar-refractivity contribution is 0.0992. The molecule has 0 unspecified atom stereocenters. The Kier molecular flexibility index (Phi) is 6.87. The molecular weight excluding hydrogens is 456 g/mol. The van der Waals surface area contributed by atoms with E-state index in [1.165, 1.54) is 24.3 Å². The Morgan fingerprint density at radius 2 is 1.60 bits per heavy atom. The van der Waals surface area contributed by atoms with Gasteiger partial charge >= 0.3 is 6.16 Å². The summed E-state index contributed by atoms with van der Waals surface area (Å²) < 4.78 is 15.3. The third-order valence-electron chi connectivity index (χ3n) is 3.76. The van der Waals surface area contributed by atoms with Crippen molar-refractivity contribution >= 4 is 45.3 Å². The van der Waals surface area contributed by atoms with Crippen LogP contribution in [0.15, 0.2) is 69.8 Å². The summed E-state index contributed by atoms with van der Waals surface area (Å²) in [7, 11) is 0. The Labute approximate surface area is 180 Å². The van der Waals surface area contributed by atoms with E-state index in [0.717, 1.165) is 0 Å². The smallest absolute Gasteiger partial charge is 0.444 e. The molecule has 0 aliphatic carbocycles. The first-order chi connectivity index (χ1) is 14.4. The normalized spacial score (nSPS) is 10.2. The molecule has 0 aliphatic rings. The minimum atomic E-state index is -0.810. The number of carbonyl (C=O) groups is 3. The molecule has 2 aromatic carbocycles. The van der Waals surface area contributed by atoms with Gasteiger partial charge in [0.2, 0.25) is 0 Å². The maximum Gasteiger partial charge on any atom is 0.513 e. The molecule has 3 rings (SSSR count). The Morgan fingerprint density at radius 3 is 2.20 bits per heavy atom. The SMILES string of the molecule is CCOC(=O)Oc1ccc(C(=O)Nc2cccc(NC(=O)c3ccc(Br)o3)c2)cc1. The first-order valence-electron chi connectivity index (χ1n) is 8.87. The van der Waals surface area contributed by atoms with Crippen molar-refractivity contribution in [1.82, 2.24) is 0 Å². The maximum absolute atomic E-state index is 12.5. The minimum absolute atomic E-state index is 0.154. The van der Waals surface area contributed by atoms with E-state index >= 15 is 0 Å². The second-order valence-corrected chi connectivity index (χ2v) is 6.68. The number of hydrogen-bond acceptors (Lipinski definition) is 6. The second-order valence-electron chi connectivity index (χ2n) is 5.90. The molecule has 0 fully saturated rings. The van der Waals surface area contributed by atoms with Crippen LogP contribution in [0, 0.1) is 0 Å². The van der Waals surface area contributed by atoms with Gasteiger partial charge in [0.15, 0.2) is 10.4 Å². The van der Waals surface area contributed by atoms with Crippen molar-refractivity contribution in [2.24, 2.45) is 0 Å². The van der Waals surface area contributed by atoms with Crippen LogP contribution in [0.4, 0.5) is 16.2 Å². The number of ether oxygens (including phenoxy) is 2. The molecular formula is C21H17BrN2O6. The van der Waals surface area contributed by atoms with Gasteiger partial charge in [-0.1, -0.05) is 6.07 Å². The van der Waals surface area contributed by atoms with Crippen LogP contribution in [0.3, 0.4) is 0 Å². The monoisotopic (exact) mass is 472 g/mol. The summed E-state index contributed by atoms with van der Waals surface area (Å²) in [6.07, 6.45) is -0.810. The van der Waals surface area contributed by atoms with E-state index in [0.29, 0.717) is 21.6 Å². The zero-order valence-corrected chi connectivity index (χ0v) is 17.4. The van der Waals surface area contributed by atoms with E-state index in [1.54, 1.807) is 43.3 Å². The van der Waals surface area contributed by atoms with Crippen molar-refractivity contribution in [1.29, 1.82) is 0 Å². The fourth-order valence-corrected chi connectivity index (χ4v) is 2.73. The van der Waals surface area contributed by atoms with E-state index in [4.69, 9.17) is 13.9 Å². The Bertz CT molecular complexity index is 1060. The summed E-state index contributed by atoms with van der Waals surface area (Å²) in [4.78, 5) is 35.9. The van der Waals surface area contributed by atoms with E-state index < -0.39 is 12.1 Å². The molecule has 0 aliphatic heterocycles. The molecule has 9 heteroatoms. The van der Waals surface area contributed by atoms with E-state index in [9.17, 15) is 14.4 Å². The highest BCUT2D eigenvalue weighted by Gasteiger charge is 2.12. The fourth-order valence-electron chi connectivity index (χ4n) is 2.42. The molecule has 0 saturated carbocycles. The Hall–Kier alpha value is -3.59. The zero-order chi connectivity index (χ0) is 21.5. The fraction of sp³-hybridized carbons (Fsp3) is 0.0952. The molecule has 0 bridgehead atoms. The topological polar surface area (TPSA) is 107 Å². The van der Waals surface area contributed by atoms with Crippen LogP contribution in [-0.2, 0) is 4.74 Å². The highest BCUT2D eigenvalue weighted by atomic mass is 79.9. The molecule has 1 heterocycles. The second kappa shape index (κ2) is 9.75. The summed E-state index contributed by atoms with van der Waals surface area (Å²) in [5, 5.41) is 5.44. The van der Waals surface area contributed by atoms with Crippen LogP contribution in [0.25, 0.3) is 0 Å². The average Bonchev–Trinajstić information content (AvgIpc) is 3.15. The number of halogens is 1. The number of amides is 2. The number of carbonyl (C=O) groups excluding carboxylic acids is 3. The van der Waals surface area contributed by atoms with Crippen LogP contribution < -0.4 is 15.4 Å². The molecule has 30 heavy (non-hydrogen) atoms. The van der Waals surface area contributed by atoms with Crippen molar-refractivity contribution in [2.75, 3.05) is 17.2 Å². The third-order valence-corrected chi connectivity index (χ3v) is 4.18. The van der Waals surface area contributed by atoms with Gasteiger partial charge in [0.05, 0.1) is 6.61 Å². The summed E-state index contributed by atoms with van der Waals surface area (Å²) in [5.74, 6) is -0.363. The Morgan fingerprint density at radius 1 is 0.933 bits per heavy atom. The number of furan rings is 1. The molecule has 2 amide bonds. The maximum atomic E-state index is 12.5. The quantitative estimate of drug-likeness (QED) is 0.382. The van der Waals surface area contributed by atoms with Gasteiger partial charge < -0.3 is 24.5 Å². The molecule has 2 N–H and O–H groups in total. The first kappa shape index (κ1) is 21.1. The van der Waals surface area contributed by atoms with Crippen LogP contribution >= 0.6 is 15.9 Å². The summed E-state index contributed by atoms with van der Waals surface area (Å²) in [6, 6.07) is 15.9. The van der Waals surface area contributed by atoms with Gasteiger partial charge in [-0.15, -0.1) is 0 Å². The minimum Gasteiger partial charge on any atom is -0.444 e. The van der Waals surface area contributed by atoms with Crippen molar-refractivity contribution in [3.8, 4) is 5.75 Å². The van der Waals surface area contributed by atoms with Crippen LogP contribution in [-0.4, -0.2) is 24.6 Å². The molecule has 0 radical (unpaired) electrons. The van der Waals surface area contributed by atoms with E-state index in [-0.39, 0.29) is 24.0 Å². The predicted molar refractivity (Wildman–Crippen MR) is 113 cm³/mol.